The van der Waals surface area contributed by atoms with Gasteiger partial charge in [0.2, 0.25) is 5.91 Å². The van der Waals surface area contributed by atoms with Crippen LogP contribution in [0.15, 0.2) is 47.4 Å². The summed E-state index contributed by atoms with van der Waals surface area (Å²) >= 11 is 1.43. The molecule has 0 aliphatic heterocycles. The lowest BCUT2D eigenvalue weighted by atomic mass is 10.2. The summed E-state index contributed by atoms with van der Waals surface area (Å²) in [5, 5.41) is 0. The molecule has 1 atom stereocenters. The molecule has 0 heterocycles. The third-order valence-electron chi connectivity index (χ3n) is 3.84. The normalized spacial score (nSPS) is 11.4. The number of ether oxygens (including phenoxy) is 2. The van der Waals surface area contributed by atoms with Crippen LogP contribution in [-0.4, -0.2) is 30.3 Å². The first-order valence-corrected chi connectivity index (χ1v) is 10.1. The third kappa shape index (κ3) is 6.81. The van der Waals surface area contributed by atoms with Gasteiger partial charge in [0.1, 0.15) is 11.5 Å². The zero-order chi connectivity index (χ0) is 20.5. The van der Waals surface area contributed by atoms with E-state index in [2.05, 4.69) is 10.9 Å². The summed E-state index contributed by atoms with van der Waals surface area (Å²) in [6, 6.07) is 13.1. The minimum absolute atomic E-state index is 0.207. The van der Waals surface area contributed by atoms with E-state index in [1.807, 2.05) is 39.0 Å². The monoisotopic (exact) mass is 402 g/mol. The maximum absolute atomic E-state index is 12.1. The zero-order valence-corrected chi connectivity index (χ0v) is 17.4. The quantitative estimate of drug-likeness (QED) is 0.523. The van der Waals surface area contributed by atoms with E-state index >= 15 is 0 Å². The fraction of sp³-hybridized carbons (Fsp3) is 0.333. The van der Waals surface area contributed by atoms with Crippen molar-refractivity contribution in [1.29, 1.82) is 0 Å². The number of carbonyl (C=O) groups excluding carboxylic acids is 2. The Morgan fingerprint density at radius 2 is 1.71 bits per heavy atom. The molecular formula is C21H26N2O4S. The average Bonchev–Trinajstić information content (AvgIpc) is 2.68. The van der Waals surface area contributed by atoms with Crippen LogP contribution < -0.4 is 20.3 Å². The van der Waals surface area contributed by atoms with Crippen LogP contribution >= 0.6 is 11.8 Å². The van der Waals surface area contributed by atoms with E-state index < -0.39 is 12.0 Å². The zero-order valence-electron chi connectivity index (χ0n) is 16.6. The Morgan fingerprint density at radius 1 is 1.04 bits per heavy atom. The number of rotatable bonds is 8. The molecule has 2 rings (SSSR count). The largest absolute Gasteiger partial charge is 0.494 e. The van der Waals surface area contributed by atoms with Crippen LogP contribution in [0.4, 0.5) is 0 Å². The van der Waals surface area contributed by atoms with Crippen molar-refractivity contribution in [3.8, 4) is 11.5 Å². The van der Waals surface area contributed by atoms with Gasteiger partial charge in [-0.2, -0.15) is 0 Å². The van der Waals surface area contributed by atoms with E-state index in [1.165, 1.54) is 11.8 Å². The third-order valence-corrected chi connectivity index (χ3v) is 5.00. The van der Waals surface area contributed by atoms with Gasteiger partial charge in [0.25, 0.3) is 5.91 Å². The molecule has 28 heavy (non-hydrogen) atoms. The fourth-order valence-corrected chi connectivity index (χ4v) is 3.24. The van der Waals surface area contributed by atoms with E-state index in [1.54, 1.807) is 31.2 Å². The lowest BCUT2D eigenvalue weighted by Gasteiger charge is -2.15. The van der Waals surface area contributed by atoms with Crippen LogP contribution in [0.1, 0.15) is 25.0 Å². The Hall–Kier alpha value is -2.67. The minimum Gasteiger partial charge on any atom is -0.494 e. The first-order valence-electron chi connectivity index (χ1n) is 9.07. The number of carbonyl (C=O) groups is 2. The lowest BCUT2D eigenvalue weighted by Crippen LogP contribution is -2.47. The van der Waals surface area contributed by atoms with Crippen LogP contribution in [0, 0.1) is 13.8 Å². The number of hydrogen-bond donors (Lipinski definition) is 2. The van der Waals surface area contributed by atoms with E-state index in [9.17, 15) is 9.59 Å². The highest BCUT2D eigenvalue weighted by Gasteiger charge is 2.15. The van der Waals surface area contributed by atoms with Gasteiger partial charge in [-0.1, -0.05) is 17.7 Å². The molecule has 0 fully saturated rings. The molecule has 2 amide bonds. The van der Waals surface area contributed by atoms with Crippen molar-refractivity contribution in [2.75, 3.05) is 12.4 Å². The van der Waals surface area contributed by atoms with Gasteiger partial charge in [0, 0.05) is 4.90 Å². The topological polar surface area (TPSA) is 76.7 Å². The molecule has 0 aromatic heterocycles. The van der Waals surface area contributed by atoms with Gasteiger partial charge in [0.05, 0.1) is 12.4 Å². The predicted molar refractivity (Wildman–Crippen MR) is 111 cm³/mol. The summed E-state index contributed by atoms with van der Waals surface area (Å²) in [7, 11) is 0. The van der Waals surface area contributed by atoms with Crippen molar-refractivity contribution >= 4 is 23.6 Å². The molecule has 2 aromatic carbocycles. The molecular weight excluding hydrogens is 376 g/mol. The lowest BCUT2D eigenvalue weighted by molar-refractivity contribution is -0.131. The van der Waals surface area contributed by atoms with E-state index in [0.717, 1.165) is 21.8 Å². The summed E-state index contributed by atoms with van der Waals surface area (Å²) in [6.07, 6.45) is -0.759. The van der Waals surface area contributed by atoms with E-state index in [0.29, 0.717) is 12.4 Å². The summed E-state index contributed by atoms with van der Waals surface area (Å²) < 4.78 is 10.9. The van der Waals surface area contributed by atoms with Crippen LogP contribution in [0.2, 0.25) is 0 Å². The molecule has 150 valence electrons. The second-order valence-electron chi connectivity index (χ2n) is 6.26. The SMILES string of the molecule is CCOc1ccc(OC(C)C(=O)NNC(=O)CSc2cc(C)ccc2C)cc1. The molecule has 0 saturated carbocycles. The van der Waals surface area contributed by atoms with E-state index in [4.69, 9.17) is 9.47 Å². The smallest absolute Gasteiger partial charge is 0.279 e. The number of benzene rings is 2. The molecule has 1 unspecified atom stereocenters. The Labute approximate surface area is 170 Å². The number of aryl methyl sites for hydroxylation is 2. The number of hydrazine groups is 1. The highest BCUT2D eigenvalue weighted by atomic mass is 32.2. The molecule has 0 bridgehead atoms. The molecule has 0 radical (unpaired) electrons. The fourth-order valence-electron chi connectivity index (χ4n) is 2.31. The molecule has 0 aliphatic rings. The van der Waals surface area contributed by atoms with Gasteiger partial charge in [-0.15, -0.1) is 11.8 Å². The van der Waals surface area contributed by atoms with Gasteiger partial charge in [-0.25, -0.2) is 0 Å². The Morgan fingerprint density at radius 3 is 2.39 bits per heavy atom. The van der Waals surface area contributed by atoms with Gasteiger partial charge in [0.15, 0.2) is 6.10 Å². The maximum Gasteiger partial charge on any atom is 0.279 e. The van der Waals surface area contributed by atoms with Crippen molar-refractivity contribution in [2.24, 2.45) is 0 Å². The molecule has 6 nitrogen and oxygen atoms in total. The number of nitrogens with one attached hydrogen (secondary N) is 2. The average molecular weight is 403 g/mol. The van der Waals surface area contributed by atoms with Gasteiger partial charge < -0.3 is 9.47 Å². The Kier molecular flexibility index (Phi) is 8.19. The molecule has 0 spiro atoms. The predicted octanol–water partition coefficient (Wildman–Crippen LogP) is 3.41. The van der Waals surface area contributed by atoms with Crippen molar-refractivity contribution in [3.63, 3.8) is 0 Å². The first-order chi connectivity index (χ1) is 13.4. The Balaban J connectivity index is 1.75. The standard InChI is InChI=1S/C21H26N2O4S/c1-5-26-17-8-10-18(11-9-17)27-16(4)21(25)23-22-20(24)13-28-19-12-14(2)6-7-15(19)3/h6-12,16H,5,13H2,1-4H3,(H,22,24)(H,23,25). The van der Waals surface area contributed by atoms with E-state index in [-0.39, 0.29) is 11.7 Å². The molecule has 2 aromatic rings. The minimum atomic E-state index is -0.759. The van der Waals surface area contributed by atoms with Crippen LogP contribution in [-0.2, 0) is 9.59 Å². The van der Waals surface area contributed by atoms with Crippen molar-refractivity contribution in [1.82, 2.24) is 10.9 Å². The highest BCUT2D eigenvalue weighted by molar-refractivity contribution is 8.00. The maximum atomic E-state index is 12.1. The van der Waals surface area contributed by atoms with Crippen molar-refractivity contribution < 1.29 is 19.1 Å². The summed E-state index contributed by atoms with van der Waals surface area (Å²) in [5.74, 6) is 0.772. The first kappa shape index (κ1) is 21.6. The highest BCUT2D eigenvalue weighted by Crippen LogP contribution is 2.23. The van der Waals surface area contributed by atoms with Crippen molar-refractivity contribution in [2.45, 2.75) is 38.7 Å². The molecule has 2 N–H and O–H groups in total. The van der Waals surface area contributed by atoms with Crippen LogP contribution in [0.3, 0.4) is 0 Å². The second kappa shape index (κ2) is 10.6. The molecule has 0 saturated heterocycles. The van der Waals surface area contributed by atoms with Crippen LogP contribution in [0.5, 0.6) is 11.5 Å². The van der Waals surface area contributed by atoms with Gasteiger partial charge >= 0.3 is 0 Å². The number of hydrogen-bond acceptors (Lipinski definition) is 5. The second-order valence-corrected chi connectivity index (χ2v) is 7.28. The van der Waals surface area contributed by atoms with Crippen molar-refractivity contribution in [3.05, 3.63) is 53.6 Å². The van der Waals surface area contributed by atoms with Gasteiger partial charge in [-0.05, 0) is 63.6 Å². The Bertz CT molecular complexity index is 809. The summed E-state index contributed by atoms with van der Waals surface area (Å²) in [6.45, 7) is 8.12. The summed E-state index contributed by atoms with van der Waals surface area (Å²) in [5.41, 5.74) is 7.07. The molecule has 7 heteroatoms. The molecule has 0 aliphatic carbocycles. The number of thioether (sulfide) groups is 1. The van der Waals surface area contributed by atoms with Crippen LogP contribution in [0.25, 0.3) is 0 Å². The van der Waals surface area contributed by atoms with Gasteiger partial charge in [-0.3, -0.25) is 20.4 Å². The number of amides is 2. The summed E-state index contributed by atoms with van der Waals surface area (Å²) in [4.78, 5) is 25.2.